The predicted octanol–water partition coefficient (Wildman–Crippen LogP) is 0.447. The summed E-state index contributed by atoms with van der Waals surface area (Å²) >= 11 is 0. The second kappa shape index (κ2) is 12.2. The molecule has 1 unspecified atom stereocenters. The number of aromatic nitrogens is 2. The number of esters is 1. The number of rotatable bonds is 10. The van der Waals surface area contributed by atoms with Gasteiger partial charge in [0.25, 0.3) is 5.56 Å². The van der Waals surface area contributed by atoms with Crippen LogP contribution in [-0.4, -0.2) is 62.4 Å². The molecule has 6 atom stereocenters. The van der Waals surface area contributed by atoms with Gasteiger partial charge < -0.3 is 29.3 Å². The largest absolute Gasteiger partial charge is 0.575 e. The fourth-order valence-corrected chi connectivity index (χ4v) is 4.12. The average molecular weight is 552 g/mol. The first kappa shape index (κ1) is 28.8. The molecule has 38 heavy (non-hydrogen) atoms. The summed E-state index contributed by atoms with van der Waals surface area (Å²) in [6, 6.07) is 5.79. The topological polar surface area (TPSA) is 233 Å². The maximum absolute atomic E-state index is 12.4. The lowest BCUT2D eigenvalue weighted by molar-refractivity contribution is -0.170. The zero-order chi connectivity index (χ0) is 28.0. The van der Waals surface area contributed by atoms with Crippen molar-refractivity contribution in [1.29, 1.82) is 0 Å². The Labute approximate surface area is 215 Å². The van der Waals surface area contributed by atoms with E-state index in [4.69, 9.17) is 24.3 Å². The van der Waals surface area contributed by atoms with E-state index in [1.54, 1.807) is 19.9 Å². The van der Waals surface area contributed by atoms with E-state index in [9.17, 15) is 29.5 Å². The standard InChI is InChI=1S/C21H25N6O10P/c1-11(2)35-19(31)12(3)24-38(33)37-14-7-5-4-6-13(14)34-10-21(25-26-22)17(30)16(29)18(36-21)27-9-8-15(28)23-20(27)32/h4-9,11-12,16-18,29-30H,10H2,1-3H3,(H,23,28,32)/t12-,16-,17+,18-,21-/m1/s1. The molecule has 0 aliphatic carbocycles. The first-order valence-corrected chi connectivity index (χ1v) is 12.3. The molecule has 3 rings (SSSR count). The molecule has 2 aromatic rings. The molecule has 1 aliphatic rings. The smallest absolute Gasteiger partial charge is 0.395 e. The van der Waals surface area contributed by atoms with Crippen molar-refractivity contribution in [2.45, 2.75) is 57.1 Å². The van der Waals surface area contributed by atoms with Crippen LogP contribution in [0.2, 0.25) is 0 Å². The highest BCUT2D eigenvalue weighted by Crippen LogP contribution is 2.40. The maximum Gasteiger partial charge on any atom is 0.395 e. The third-order valence-corrected chi connectivity index (χ3v) is 6.05. The highest BCUT2D eigenvalue weighted by Gasteiger charge is 2.56. The van der Waals surface area contributed by atoms with Gasteiger partial charge in [-0.1, -0.05) is 22.0 Å². The van der Waals surface area contributed by atoms with Crippen LogP contribution in [-0.2, 0) is 14.3 Å². The number of aliphatic hydroxyl groups is 2. The number of carbonyl (C=O) groups excluding carboxylic acids is 1. The van der Waals surface area contributed by atoms with E-state index < -0.39 is 62.2 Å². The number of nitrogens with zero attached hydrogens (tertiary/aromatic N) is 5. The first-order chi connectivity index (χ1) is 18.0. The van der Waals surface area contributed by atoms with E-state index in [2.05, 4.69) is 14.8 Å². The minimum absolute atomic E-state index is 0.0362. The Kier molecular flexibility index (Phi) is 9.22. The number of H-pyrrole nitrogens is 1. The lowest BCUT2D eigenvalue weighted by Gasteiger charge is -2.26. The second-order valence-corrected chi connectivity index (χ2v) is 9.23. The van der Waals surface area contributed by atoms with Crippen molar-refractivity contribution in [1.82, 2.24) is 9.55 Å². The molecule has 3 N–H and O–H groups in total. The summed E-state index contributed by atoms with van der Waals surface area (Å²) in [5, 5.41) is 24.7. The number of aliphatic hydroxyl groups excluding tert-OH is 2. The van der Waals surface area contributed by atoms with Gasteiger partial charge in [0.1, 0.15) is 18.8 Å². The Hall–Kier alpha value is -3.78. The number of aromatic amines is 1. The number of hydrogen-bond donors (Lipinski definition) is 3. The SMILES string of the molecule is CC(C)OC(=O)[C@@H](C)N=[P+]([O-])Oc1ccccc1OC[C@@]1(N=[N+]=[N-])O[C@@H](n2ccc(=O)[nH]c2=O)[C@H](O)[C@@H]1O. The van der Waals surface area contributed by atoms with Gasteiger partial charge in [0.2, 0.25) is 11.5 Å². The fourth-order valence-electron chi connectivity index (χ4n) is 3.38. The van der Waals surface area contributed by atoms with Crippen molar-refractivity contribution in [3.05, 3.63) is 67.8 Å². The summed E-state index contributed by atoms with van der Waals surface area (Å²) in [5.74, 6) is -0.792. The van der Waals surface area contributed by atoms with Crippen LogP contribution in [0, 0.1) is 0 Å². The van der Waals surface area contributed by atoms with Gasteiger partial charge in [-0.2, -0.15) is 0 Å². The molecule has 0 saturated carbocycles. The number of benzene rings is 1. The zero-order valence-corrected chi connectivity index (χ0v) is 21.3. The molecule has 0 spiro atoms. The maximum atomic E-state index is 12.4. The van der Waals surface area contributed by atoms with E-state index >= 15 is 0 Å². The summed E-state index contributed by atoms with van der Waals surface area (Å²) in [4.78, 5) is 52.5. The van der Waals surface area contributed by atoms with Gasteiger partial charge in [0.05, 0.1) is 6.10 Å². The fraction of sp³-hybridized carbons (Fsp3) is 0.476. The minimum atomic E-state index is -2.75. The normalized spacial score (nSPS) is 24.0. The van der Waals surface area contributed by atoms with Crippen LogP contribution in [0.15, 0.2) is 56.0 Å². The molecule has 1 aromatic carbocycles. The third kappa shape index (κ3) is 6.55. The quantitative estimate of drug-likeness (QED) is 0.121. The summed E-state index contributed by atoms with van der Waals surface area (Å²) in [5.41, 5.74) is 5.24. The molecule has 0 amide bonds. The third-order valence-electron chi connectivity index (χ3n) is 5.16. The van der Waals surface area contributed by atoms with Crippen LogP contribution < -0.4 is 25.4 Å². The highest BCUT2D eigenvalue weighted by molar-refractivity contribution is 7.34. The summed E-state index contributed by atoms with van der Waals surface area (Å²) in [6.07, 6.45) is -4.52. The molecule has 1 aliphatic heterocycles. The lowest BCUT2D eigenvalue weighted by atomic mass is 10.1. The van der Waals surface area contributed by atoms with Gasteiger partial charge >= 0.3 is 19.8 Å². The van der Waals surface area contributed by atoms with Crippen molar-refractivity contribution in [3.63, 3.8) is 0 Å². The molecule has 0 bridgehead atoms. The van der Waals surface area contributed by atoms with Crippen LogP contribution in [0.25, 0.3) is 10.4 Å². The summed E-state index contributed by atoms with van der Waals surface area (Å²) < 4.78 is 26.1. The van der Waals surface area contributed by atoms with E-state index in [1.165, 1.54) is 25.1 Å². The number of azide groups is 1. The van der Waals surface area contributed by atoms with E-state index in [1.807, 2.05) is 4.98 Å². The van der Waals surface area contributed by atoms with Crippen molar-refractivity contribution < 1.29 is 38.6 Å². The second-order valence-electron chi connectivity index (χ2n) is 8.34. The van der Waals surface area contributed by atoms with Gasteiger partial charge in [-0.15, -0.1) is 0 Å². The van der Waals surface area contributed by atoms with Gasteiger partial charge in [-0.25, -0.2) is 9.59 Å². The van der Waals surface area contributed by atoms with E-state index in [0.717, 1.165) is 16.8 Å². The van der Waals surface area contributed by atoms with Crippen molar-refractivity contribution in [2.24, 2.45) is 9.86 Å². The number of carbonyl (C=O) groups is 1. The van der Waals surface area contributed by atoms with Gasteiger partial charge in [-0.05, 0) is 38.4 Å². The molecule has 16 nitrogen and oxygen atoms in total. The van der Waals surface area contributed by atoms with Crippen LogP contribution >= 0.6 is 8.17 Å². The molecule has 1 fully saturated rings. The van der Waals surface area contributed by atoms with Crippen LogP contribution in [0.3, 0.4) is 0 Å². The Morgan fingerprint density at radius 2 is 1.97 bits per heavy atom. The predicted molar refractivity (Wildman–Crippen MR) is 128 cm³/mol. The summed E-state index contributed by atoms with van der Waals surface area (Å²) in [6.45, 7) is 4.02. The Bertz CT molecular complexity index is 1360. The molecule has 1 saturated heterocycles. The van der Waals surface area contributed by atoms with E-state index in [0.29, 0.717) is 0 Å². The van der Waals surface area contributed by atoms with Crippen molar-refractivity contribution >= 4 is 14.1 Å². The molecule has 2 heterocycles. The average Bonchev–Trinajstić information content (AvgIpc) is 3.08. The first-order valence-electron chi connectivity index (χ1n) is 11.2. The number of hydrogen-bond acceptors (Lipinski definition) is 12. The monoisotopic (exact) mass is 552 g/mol. The Morgan fingerprint density at radius 3 is 2.61 bits per heavy atom. The molecule has 204 valence electrons. The molecular weight excluding hydrogens is 527 g/mol. The van der Waals surface area contributed by atoms with Gasteiger partial charge in [-0.3, -0.25) is 18.9 Å². The molecule has 1 aromatic heterocycles. The zero-order valence-electron chi connectivity index (χ0n) is 20.4. The van der Waals surface area contributed by atoms with E-state index in [-0.39, 0.29) is 17.6 Å². The van der Waals surface area contributed by atoms with Crippen molar-refractivity contribution in [3.8, 4) is 11.5 Å². The van der Waals surface area contributed by atoms with Crippen LogP contribution in [0.1, 0.15) is 27.0 Å². The number of para-hydroxylation sites is 2. The Morgan fingerprint density at radius 1 is 1.29 bits per heavy atom. The van der Waals surface area contributed by atoms with Gasteiger partial charge in [0, 0.05) is 17.2 Å². The van der Waals surface area contributed by atoms with Crippen LogP contribution in [0.4, 0.5) is 0 Å². The van der Waals surface area contributed by atoms with Crippen LogP contribution in [0.5, 0.6) is 11.5 Å². The lowest BCUT2D eigenvalue weighted by Crippen LogP contribution is -2.46. The Balaban J connectivity index is 1.81. The number of ether oxygens (including phenoxy) is 3. The minimum Gasteiger partial charge on any atom is -0.575 e. The van der Waals surface area contributed by atoms with Crippen molar-refractivity contribution in [2.75, 3.05) is 6.61 Å². The molecular formula is C21H25N6O10P. The molecule has 17 heteroatoms. The summed E-state index contributed by atoms with van der Waals surface area (Å²) in [7, 11) is -2.75. The van der Waals surface area contributed by atoms with Gasteiger partial charge in [0.15, 0.2) is 18.0 Å². The highest BCUT2D eigenvalue weighted by atomic mass is 31.1. The molecule has 0 radical (unpaired) electrons. The number of nitrogens with one attached hydrogen (secondary N) is 1.